The first kappa shape index (κ1) is 18.6. The van der Waals surface area contributed by atoms with Crippen molar-refractivity contribution in [2.45, 2.75) is 31.2 Å². The Morgan fingerprint density at radius 3 is 2.42 bits per heavy atom. The normalized spacial score (nSPS) is 12.6. The van der Waals surface area contributed by atoms with Gasteiger partial charge in [-0.1, -0.05) is 28.9 Å². The van der Waals surface area contributed by atoms with Gasteiger partial charge in [0.2, 0.25) is 10.0 Å². The van der Waals surface area contributed by atoms with Gasteiger partial charge in [-0.05, 0) is 55.8 Å². The Bertz CT molecular complexity index is 820. The minimum absolute atomic E-state index is 0.141. The average molecular weight is 411 g/mol. The number of hydrogen-bond acceptors (Lipinski definition) is 3. The Balaban J connectivity index is 2.12. The molecule has 2 N–H and O–H groups in total. The number of amides is 1. The molecule has 128 valence electrons. The summed E-state index contributed by atoms with van der Waals surface area (Å²) in [7, 11) is -3.57. The van der Waals surface area contributed by atoms with Crippen LogP contribution in [0.1, 0.15) is 30.6 Å². The second-order valence-corrected chi connectivity index (χ2v) is 8.05. The zero-order valence-electron chi connectivity index (χ0n) is 13.4. The molecule has 1 amide bonds. The summed E-state index contributed by atoms with van der Waals surface area (Å²) in [4.78, 5) is 12.4. The third-order valence-electron chi connectivity index (χ3n) is 3.48. The van der Waals surface area contributed by atoms with Crippen LogP contribution in [0.3, 0.4) is 0 Å². The molecular formula is C17H19BrN2O3S. The molecular weight excluding hydrogens is 392 g/mol. The van der Waals surface area contributed by atoms with Gasteiger partial charge in [0.1, 0.15) is 0 Å². The topological polar surface area (TPSA) is 75.3 Å². The Kier molecular flexibility index (Phi) is 6.15. The minimum Gasteiger partial charge on any atom is -0.322 e. The molecule has 2 rings (SSSR count). The number of carbonyl (C=O) groups is 1. The molecule has 0 aliphatic carbocycles. The fourth-order valence-corrected chi connectivity index (χ4v) is 3.70. The monoisotopic (exact) mass is 410 g/mol. The number of rotatable bonds is 6. The zero-order valence-corrected chi connectivity index (χ0v) is 15.8. The number of hydrogen-bond donors (Lipinski definition) is 2. The van der Waals surface area contributed by atoms with Crippen molar-refractivity contribution in [2.75, 3.05) is 5.32 Å². The first-order valence-corrected chi connectivity index (χ1v) is 9.78. The fourth-order valence-electron chi connectivity index (χ4n) is 1.97. The quantitative estimate of drug-likeness (QED) is 0.760. The van der Waals surface area contributed by atoms with Crippen molar-refractivity contribution >= 4 is 37.5 Å². The van der Waals surface area contributed by atoms with Crippen LogP contribution in [-0.4, -0.2) is 20.4 Å². The molecule has 0 aliphatic rings. The van der Waals surface area contributed by atoms with E-state index in [1.807, 2.05) is 19.1 Å². The SMILES string of the molecule is CC[C@H](C)NS(=O)(=O)c1ccc(C(=O)Nc2cccc(Br)c2)cc1. The van der Waals surface area contributed by atoms with Crippen LogP contribution in [0.15, 0.2) is 57.9 Å². The van der Waals surface area contributed by atoms with Crippen LogP contribution in [-0.2, 0) is 10.0 Å². The Labute approximate surface area is 150 Å². The summed E-state index contributed by atoms with van der Waals surface area (Å²) in [5, 5.41) is 2.76. The van der Waals surface area contributed by atoms with Crippen LogP contribution in [0.4, 0.5) is 5.69 Å². The van der Waals surface area contributed by atoms with Gasteiger partial charge >= 0.3 is 0 Å². The number of halogens is 1. The second-order valence-electron chi connectivity index (χ2n) is 5.42. The smallest absolute Gasteiger partial charge is 0.255 e. The number of anilines is 1. The van der Waals surface area contributed by atoms with E-state index in [9.17, 15) is 13.2 Å². The van der Waals surface area contributed by atoms with Crippen LogP contribution in [0.2, 0.25) is 0 Å². The van der Waals surface area contributed by atoms with Crippen molar-refractivity contribution in [2.24, 2.45) is 0 Å². The molecule has 5 nitrogen and oxygen atoms in total. The molecule has 0 saturated carbocycles. The van der Waals surface area contributed by atoms with E-state index >= 15 is 0 Å². The summed E-state index contributed by atoms with van der Waals surface area (Å²) in [6.45, 7) is 3.71. The number of nitrogens with one attached hydrogen (secondary N) is 2. The lowest BCUT2D eigenvalue weighted by atomic mass is 10.2. The molecule has 0 aliphatic heterocycles. The lowest BCUT2D eigenvalue weighted by Gasteiger charge is -2.12. The van der Waals surface area contributed by atoms with Gasteiger partial charge in [0, 0.05) is 21.8 Å². The maximum absolute atomic E-state index is 12.2. The van der Waals surface area contributed by atoms with Crippen molar-refractivity contribution in [3.63, 3.8) is 0 Å². The largest absolute Gasteiger partial charge is 0.322 e. The zero-order chi connectivity index (χ0) is 17.7. The van der Waals surface area contributed by atoms with Crippen LogP contribution in [0.25, 0.3) is 0 Å². The predicted octanol–water partition coefficient (Wildman–Crippen LogP) is 3.78. The predicted molar refractivity (Wildman–Crippen MR) is 98.6 cm³/mol. The van der Waals surface area contributed by atoms with Crippen LogP contribution >= 0.6 is 15.9 Å². The molecule has 0 radical (unpaired) electrons. The summed E-state index contributed by atoms with van der Waals surface area (Å²) < 4.78 is 27.8. The summed E-state index contributed by atoms with van der Waals surface area (Å²) >= 11 is 3.34. The van der Waals surface area contributed by atoms with E-state index < -0.39 is 10.0 Å². The summed E-state index contributed by atoms with van der Waals surface area (Å²) in [6.07, 6.45) is 0.701. The van der Waals surface area contributed by atoms with Gasteiger partial charge in [0.05, 0.1) is 4.90 Å². The van der Waals surface area contributed by atoms with Gasteiger partial charge in [-0.15, -0.1) is 0 Å². The standard InChI is InChI=1S/C17H19BrN2O3S/c1-3-12(2)20-24(22,23)16-9-7-13(8-10-16)17(21)19-15-6-4-5-14(18)11-15/h4-12,20H,3H2,1-2H3,(H,19,21)/t12-/m0/s1. The number of carbonyl (C=O) groups excluding carboxylic acids is 1. The molecule has 2 aromatic rings. The molecule has 0 saturated heterocycles. The van der Waals surface area contributed by atoms with E-state index in [1.54, 1.807) is 19.1 Å². The Hall–Kier alpha value is -1.70. The van der Waals surface area contributed by atoms with Gasteiger partial charge in [-0.3, -0.25) is 4.79 Å². The van der Waals surface area contributed by atoms with E-state index in [0.717, 1.165) is 4.47 Å². The molecule has 2 aromatic carbocycles. The van der Waals surface area contributed by atoms with E-state index in [2.05, 4.69) is 26.0 Å². The Morgan fingerprint density at radius 2 is 1.83 bits per heavy atom. The molecule has 24 heavy (non-hydrogen) atoms. The highest BCUT2D eigenvalue weighted by atomic mass is 79.9. The van der Waals surface area contributed by atoms with Crippen LogP contribution in [0.5, 0.6) is 0 Å². The van der Waals surface area contributed by atoms with Crippen molar-refractivity contribution in [1.82, 2.24) is 4.72 Å². The maximum atomic E-state index is 12.2. The molecule has 1 atom stereocenters. The second kappa shape index (κ2) is 7.92. The summed E-state index contributed by atoms with van der Waals surface area (Å²) in [5.41, 5.74) is 1.04. The van der Waals surface area contributed by atoms with Gasteiger partial charge in [-0.2, -0.15) is 0 Å². The summed E-state index contributed by atoms with van der Waals surface area (Å²) in [5.74, 6) is -0.299. The molecule has 7 heteroatoms. The highest BCUT2D eigenvalue weighted by Crippen LogP contribution is 2.17. The third kappa shape index (κ3) is 4.90. The lowest BCUT2D eigenvalue weighted by Crippen LogP contribution is -2.32. The number of benzene rings is 2. The van der Waals surface area contributed by atoms with Gasteiger partial charge in [0.15, 0.2) is 0 Å². The molecule has 0 unspecified atom stereocenters. The highest BCUT2D eigenvalue weighted by Gasteiger charge is 2.17. The van der Waals surface area contributed by atoms with E-state index in [0.29, 0.717) is 17.7 Å². The fraction of sp³-hybridized carbons (Fsp3) is 0.235. The minimum atomic E-state index is -3.57. The van der Waals surface area contributed by atoms with Crippen LogP contribution in [0, 0.1) is 0 Å². The van der Waals surface area contributed by atoms with Gasteiger partial charge < -0.3 is 5.32 Å². The number of sulfonamides is 1. The Morgan fingerprint density at radius 1 is 1.17 bits per heavy atom. The van der Waals surface area contributed by atoms with Gasteiger partial charge in [-0.25, -0.2) is 13.1 Å². The maximum Gasteiger partial charge on any atom is 0.255 e. The summed E-state index contributed by atoms with van der Waals surface area (Å²) in [6, 6.07) is 13.0. The first-order chi connectivity index (χ1) is 11.3. The average Bonchev–Trinajstić information content (AvgIpc) is 2.54. The van der Waals surface area contributed by atoms with Crippen molar-refractivity contribution < 1.29 is 13.2 Å². The molecule has 0 fully saturated rings. The van der Waals surface area contributed by atoms with Crippen molar-refractivity contribution in [1.29, 1.82) is 0 Å². The molecule has 0 heterocycles. The molecule has 0 bridgehead atoms. The molecule has 0 spiro atoms. The van der Waals surface area contributed by atoms with E-state index in [1.165, 1.54) is 24.3 Å². The van der Waals surface area contributed by atoms with Crippen LogP contribution < -0.4 is 10.0 Å². The third-order valence-corrected chi connectivity index (χ3v) is 5.58. The van der Waals surface area contributed by atoms with E-state index in [-0.39, 0.29) is 16.8 Å². The highest BCUT2D eigenvalue weighted by molar-refractivity contribution is 9.10. The molecule has 0 aromatic heterocycles. The van der Waals surface area contributed by atoms with Crippen molar-refractivity contribution in [3.05, 3.63) is 58.6 Å². The van der Waals surface area contributed by atoms with Gasteiger partial charge in [0.25, 0.3) is 5.91 Å². The van der Waals surface area contributed by atoms with E-state index in [4.69, 9.17) is 0 Å². The lowest BCUT2D eigenvalue weighted by molar-refractivity contribution is 0.102. The van der Waals surface area contributed by atoms with Crippen molar-refractivity contribution in [3.8, 4) is 0 Å². The first-order valence-electron chi connectivity index (χ1n) is 7.51.